The van der Waals surface area contributed by atoms with Crippen molar-refractivity contribution in [3.63, 3.8) is 0 Å². The van der Waals surface area contributed by atoms with Gasteiger partial charge in [0.1, 0.15) is 0 Å². The van der Waals surface area contributed by atoms with E-state index in [9.17, 15) is 0 Å². The van der Waals surface area contributed by atoms with Gasteiger partial charge in [-0.05, 0) is 89.3 Å². The zero-order valence-corrected chi connectivity index (χ0v) is 33.0. The van der Waals surface area contributed by atoms with Gasteiger partial charge < -0.3 is 0 Å². The molecule has 0 saturated carbocycles. The fourth-order valence-electron chi connectivity index (χ4n) is 9.49. The van der Waals surface area contributed by atoms with Crippen molar-refractivity contribution in [3.8, 4) is 78.4 Å². The lowest BCUT2D eigenvalue weighted by atomic mass is 9.77. The molecule has 0 aliphatic heterocycles. The number of fused-ring (bicyclic) bond motifs is 6. The van der Waals surface area contributed by atoms with E-state index in [1.54, 1.807) is 0 Å². The molecule has 9 aromatic carbocycles. The third-order valence-electron chi connectivity index (χ3n) is 12.3. The van der Waals surface area contributed by atoms with Gasteiger partial charge in [0.05, 0.1) is 11.4 Å². The Morgan fingerprint density at radius 2 is 0.729 bits per heavy atom. The number of nitrogens with zero attached hydrogens (tertiary/aromatic N) is 2. The van der Waals surface area contributed by atoms with E-state index in [0.29, 0.717) is 5.82 Å². The molecule has 0 amide bonds. The van der Waals surface area contributed by atoms with Crippen molar-refractivity contribution in [2.24, 2.45) is 0 Å². The maximum atomic E-state index is 5.33. The summed E-state index contributed by atoms with van der Waals surface area (Å²) in [5.74, 6) is 0.710. The Balaban J connectivity index is 1.02. The first-order valence-electron chi connectivity index (χ1n) is 20.4. The van der Waals surface area contributed by atoms with Gasteiger partial charge in [-0.1, -0.05) is 208 Å². The van der Waals surface area contributed by atoms with Crippen LogP contribution < -0.4 is 0 Å². The van der Waals surface area contributed by atoms with Crippen molar-refractivity contribution in [3.05, 3.63) is 217 Å². The summed E-state index contributed by atoms with van der Waals surface area (Å²) in [6, 6.07) is 74.1. The number of hydrogen-bond donors (Lipinski definition) is 0. The number of aromatic nitrogens is 2. The predicted octanol–water partition coefficient (Wildman–Crippen LogP) is 15.1. The van der Waals surface area contributed by atoms with E-state index in [0.717, 1.165) is 33.5 Å². The molecule has 1 aliphatic carbocycles. The Kier molecular flexibility index (Phi) is 8.20. The van der Waals surface area contributed by atoms with Crippen molar-refractivity contribution in [2.45, 2.75) is 19.3 Å². The molecule has 0 saturated heterocycles. The summed E-state index contributed by atoms with van der Waals surface area (Å²) in [4.78, 5) is 10.6. The molecule has 1 heterocycles. The summed E-state index contributed by atoms with van der Waals surface area (Å²) in [6.45, 7) is 4.78. The highest BCUT2D eigenvalue weighted by Crippen LogP contribution is 2.55. The minimum Gasteiger partial charge on any atom is -0.228 e. The third-order valence-corrected chi connectivity index (χ3v) is 12.3. The van der Waals surface area contributed by atoms with Crippen molar-refractivity contribution in [1.82, 2.24) is 9.97 Å². The molecule has 0 N–H and O–H groups in total. The summed E-state index contributed by atoms with van der Waals surface area (Å²) in [5, 5.41) is 4.93. The molecule has 1 aliphatic rings. The first kappa shape index (κ1) is 34.8. The van der Waals surface area contributed by atoms with Gasteiger partial charge in [-0.3, -0.25) is 0 Å². The van der Waals surface area contributed by atoms with E-state index in [1.807, 2.05) is 6.07 Å². The summed E-state index contributed by atoms with van der Waals surface area (Å²) in [5.41, 5.74) is 17.4. The summed E-state index contributed by atoms with van der Waals surface area (Å²) in [6.07, 6.45) is 0. The molecule has 0 spiro atoms. The van der Waals surface area contributed by atoms with Crippen LogP contribution in [0.2, 0.25) is 0 Å². The van der Waals surface area contributed by atoms with Crippen molar-refractivity contribution in [1.29, 1.82) is 0 Å². The zero-order chi connectivity index (χ0) is 39.5. The molecule has 1 aromatic heterocycles. The fraction of sp³-hybridized carbons (Fsp3) is 0.0526. The zero-order valence-electron chi connectivity index (χ0n) is 33.0. The first-order chi connectivity index (χ1) is 29.0. The maximum absolute atomic E-state index is 5.33. The highest BCUT2D eigenvalue weighted by molar-refractivity contribution is 6.07. The first-order valence-corrected chi connectivity index (χ1v) is 20.4. The minimum absolute atomic E-state index is 0.189. The smallest absolute Gasteiger partial charge is 0.161 e. The monoisotopic (exact) mass is 752 g/mol. The van der Waals surface area contributed by atoms with Crippen LogP contribution in [0, 0.1) is 0 Å². The van der Waals surface area contributed by atoms with Crippen molar-refractivity contribution >= 4 is 21.5 Å². The molecule has 278 valence electrons. The van der Waals surface area contributed by atoms with Gasteiger partial charge in [0.25, 0.3) is 0 Å². The molecular formula is C57H40N2. The molecule has 0 bridgehead atoms. The molecule has 10 aromatic rings. The van der Waals surface area contributed by atoms with Gasteiger partial charge in [0.2, 0.25) is 0 Å². The Morgan fingerprint density at radius 1 is 0.305 bits per heavy atom. The van der Waals surface area contributed by atoms with E-state index in [1.165, 1.54) is 71.8 Å². The van der Waals surface area contributed by atoms with Crippen LogP contribution in [0.15, 0.2) is 206 Å². The molecule has 0 atom stereocenters. The van der Waals surface area contributed by atoms with Crippen LogP contribution in [0.25, 0.3) is 100.0 Å². The van der Waals surface area contributed by atoms with E-state index >= 15 is 0 Å². The van der Waals surface area contributed by atoms with Crippen LogP contribution in [0.1, 0.15) is 25.0 Å². The standard InChI is InChI=1S/C57H40N2/c1-57(2)54-44-19-10-9-16-41(44)32-33-50(54)49-23-13-22-48(55(49)57)47-34-35-51(46-21-12-11-20-45(46)47)56-58-52(42-17-7-4-8-18-42)36-53(59-56)43-30-28-40(29-31-43)39-26-24-38(25-27-39)37-14-5-3-6-15-37/h3-36H,1-2H3. The number of hydrogen-bond acceptors (Lipinski definition) is 2. The Hall–Kier alpha value is -7.42. The summed E-state index contributed by atoms with van der Waals surface area (Å²) >= 11 is 0. The van der Waals surface area contributed by atoms with Crippen LogP contribution in [-0.2, 0) is 5.41 Å². The van der Waals surface area contributed by atoms with Crippen LogP contribution in [0.4, 0.5) is 0 Å². The van der Waals surface area contributed by atoms with Crippen molar-refractivity contribution < 1.29 is 0 Å². The SMILES string of the molecule is CC1(C)c2c(cccc2-c2ccc(-c3nc(-c4ccccc4)cc(-c4ccc(-c5ccc(-c6ccccc6)cc5)cc4)n3)c3ccccc23)-c2ccc3ccccc3c21. The van der Waals surface area contributed by atoms with Crippen molar-refractivity contribution in [2.75, 3.05) is 0 Å². The van der Waals surface area contributed by atoms with Gasteiger partial charge in [-0.15, -0.1) is 0 Å². The highest BCUT2D eigenvalue weighted by Gasteiger charge is 2.39. The molecule has 2 heteroatoms. The van der Waals surface area contributed by atoms with Crippen LogP contribution in [0.5, 0.6) is 0 Å². The number of rotatable bonds is 6. The third kappa shape index (κ3) is 5.87. The van der Waals surface area contributed by atoms with E-state index in [-0.39, 0.29) is 5.41 Å². The second kappa shape index (κ2) is 13.9. The Labute approximate surface area is 345 Å². The molecule has 0 unspecified atom stereocenters. The second-order valence-corrected chi connectivity index (χ2v) is 16.1. The van der Waals surface area contributed by atoms with Crippen LogP contribution in [-0.4, -0.2) is 9.97 Å². The number of benzene rings is 9. The van der Waals surface area contributed by atoms with E-state index in [4.69, 9.17) is 9.97 Å². The normalized spacial score (nSPS) is 12.7. The summed E-state index contributed by atoms with van der Waals surface area (Å²) < 4.78 is 0. The van der Waals surface area contributed by atoms with Crippen LogP contribution in [0.3, 0.4) is 0 Å². The lowest BCUT2D eigenvalue weighted by Gasteiger charge is -2.26. The Morgan fingerprint density at radius 3 is 1.36 bits per heavy atom. The minimum atomic E-state index is -0.189. The average molecular weight is 753 g/mol. The highest BCUT2D eigenvalue weighted by atomic mass is 14.9. The topological polar surface area (TPSA) is 25.8 Å². The molecular weight excluding hydrogens is 713 g/mol. The lowest BCUT2D eigenvalue weighted by molar-refractivity contribution is 0.668. The average Bonchev–Trinajstić information content (AvgIpc) is 3.55. The van der Waals surface area contributed by atoms with Gasteiger partial charge >= 0.3 is 0 Å². The van der Waals surface area contributed by atoms with Gasteiger partial charge in [-0.2, -0.15) is 0 Å². The summed E-state index contributed by atoms with van der Waals surface area (Å²) in [7, 11) is 0. The molecule has 0 radical (unpaired) electrons. The fourth-order valence-corrected chi connectivity index (χ4v) is 9.49. The largest absolute Gasteiger partial charge is 0.228 e. The quantitative estimate of drug-likeness (QED) is 0.169. The molecule has 11 rings (SSSR count). The van der Waals surface area contributed by atoms with Crippen LogP contribution >= 0.6 is 0 Å². The molecule has 2 nitrogen and oxygen atoms in total. The van der Waals surface area contributed by atoms with Gasteiger partial charge in [0, 0.05) is 22.1 Å². The van der Waals surface area contributed by atoms with Gasteiger partial charge in [-0.25, -0.2) is 9.97 Å². The maximum Gasteiger partial charge on any atom is 0.161 e. The molecule has 0 fully saturated rings. The van der Waals surface area contributed by atoms with Gasteiger partial charge in [0.15, 0.2) is 5.82 Å². The lowest BCUT2D eigenvalue weighted by Crippen LogP contribution is -2.17. The molecule has 59 heavy (non-hydrogen) atoms. The van der Waals surface area contributed by atoms with E-state index in [2.05, 4.69) is 214 Å². The van der Waals surface area contributed by atoms with E-state index < -0.39 is 0 Å². The predicted molar refractivity (Wildman–Crippen MR) is 247 cm³/mol. The second-order valence-electron chi connectivity index (χ2n) is 16.1. The Bertz CT molecular complexity index is 3200.